The molecule has 3 rings (SSSR count). The van der Waals surface area contributed by atoms with E-state index in [-0.39, 0.29) is 17.1 Å². The summed E-state index contributed by atoms with van der Waals surface area (Å²) in [5.41, 5.74) is 1.43. The van der Waals surface area contributed by atoms with Gasteiger partial charge in [-0.2, -0.15) is 9.78 Å². The smallest absolute Gasteiger partial charge is 0.280 e. The van der Waals surface area contributed by atoms with Crippen LogP contribution < -0.4 is 5.56 Å². The van der Waals surface area contributed by atoms with Crippen molar-refractivity contribution in [3.8, 4) is 0 Å². The van der Waals surface area contributed by atoms with Crippen LogP contribution in [0.3, 0.4) is 0 Å². The molecule has 0 radical (unpaired) electrons. The second kappa shape index (κ2) is 4.16. The zero-order chi connectivity index (χ0) is 13.4. The third-order valence-corrected chi connectivity index (χ3v) is 2.83. The normalized spacial score (nSPS) is 10.8. The van der Waals surface area contributed by atoms with E-state index in [2.05, 4.69) is 15.1 Å². The summed E-state index contributed by atoms with van der Waals surface area (Å²) in [6.45, 7) is 1.90. The number of hydrogen-bond donors (Lipinski definition) is 1. The van der Waals surface area contributed by atoms with E-state index in [1.54, 1.807) is 18.2 Å². The molecular weight excluding hydrogens is 244 g/mol. The van der Waals surface area contributed by atoms with Crippen molar-refractivity contribution in [1.29, 1.82) is 0 Å². The molecule has 6 nitrogen and oxygen atoms in total. The molecule has 2 heterocycles. The van der Waals surface area contributed by atoms with Gasteiger partial charge in [0, 0.05) is 5.56 Å². The third-order valence-electron chi connectivity index (χ3n) is 2.83. The van der Waals surface area contributed by atoms with Crippen LogP contribution in [-0.4, -0.2) is 25.7 Å². The average Bonchev–Trinajstić information content (AvgIpc) is 2.83. The van der Waals surface area contributed by atoms with Crippen molar-refractivity contribution in [1.82, 2.24) is 19.7 Å². The van der Waals surface area contributed by atoms with E-state index >= 15 is 0 Å². The highest BCUT2D eigenvalue weighted by Gasteiger charge is 2.15. The SMILES string of the molecule is Cc1cccc(C(=O)n2ncc3c(=O)[nH]cnc32)c1. The molecule has 2 aromatic heterocycles. The number of rotatable bonds is 1. The fourth-order valence-corrected chi connectivity index (χ4v) is 1.91. The summed E-state index contributed by atoms with van der Waals surface area (Å²) in [6, 6.07) is 7.18. The van der Waals surface area contributed by atoms with Gasteiger partial charge in [0.1, 0.15) is 5.39 Å². The molecule has 1 aromatic carbocycles. The van der Waals surface area contributed by atoms with Crippen molar-refractivity contribution in [2.45, 2.75) is 6.92 Å². The van der Waals surface area contributed by atoms with E-state index in [0.29, 0.717) is 10.9 Å². The van der Waals surface area contributed by atoms with Gasteiger partial charge in [0.05, 0.1) is 12.5 Å². The van der Waals surface area contributed by atoms with E-state index in [4.69, 9.17) is 0 Å². The summed E-state index contributed by atoms with van der Waals surface area (Å²) in [4.78, 5) is 30.3. The molecule has 19 heavy (non-hydrogen) atoms. The van der Waals surface area contributed by atoms with Crippen LogP contribution in [-0.2, 0) is 0 Å². The Morgan fingerprint density at radius 3 is 3.00 bits per heavy atom. The molecule has 0 aliphatic carbocycles. The van der Waals surface area contributed by atoms with Crippen molar-refractivity contribution in [2.24, 2.45) is 0 Å². The Labute approximate surface area is 107 Å². The maximum Gasteiger partial charge on any atom is 0.280 e. The van der Waals surface area contributed by atoms with Crippen LogP contribution in [0.15, 0.2) is 41.6 Å². The summed E-state index contributed by atoms with van der Waals surface area (Å²) < 4.78 is 1.14. The van der Waals surface area contributed by atoms with Gasteiger partial charge >= 0.3 is 0 Å². The maximum atomic E-state index is 12.3. The number of aromatic nitrogens is 4. The number of carbonyl (C=O) groups is 1. The van der Waals surface area contributed by atoms with Gasteiger partial charge in [-0.3, -0.25) is 9.59 Å². The van der Waals surface area contributed by atoms with Gasteiger partial charge in [-0.1, -0.05) is 17.7 Å². The Kier molecular flexibility index (Phi) is 2.49. The topological polar surface area (TPSA) is 80.6 Å². The van der Waals surface area contributed by atoms with E-state index < -0.39 is 0 Å². The highest BCUT2D eigenvalue weighted by Crippen LogP contribution is 2.10. The van der Waals surface area contributed by atoms with Crippen molar-refractivity contribution in [3.05, 3.63) is 58.3 Å². The number of aromatic amines is 1. The van der Waals surface area contributed by atoms with Crippen LogP contribution in [0, 0.1) is 6.92 Å². The van der Waals surface area contributed by atoms with Crippen molar-refractivity contribution in [3.63, 3.8) is 0 Å². The number of aryl methyl sites for hydroxylation is 1. The number of fused-ring (bicyclic) bond motifs is 1. The molecule has 0 amide bonds. The lowest BCUT2D eigenvalue weighted by atomic mass is 10.1. The van der Waals surface area contributed by atoms with E-state index in [9.17, 15) is 9.59 Å². The minimum absolute atomic E-state index is 0.259. The van der Waals surface area contributed by atoms with Crippen LogP contribution >= 0.6 is 0 Å². The molecule has 0 atom stereocenters. The van der Waals surface area contributed by atoms with Gasteiger partial charge in [-0.05, 0) is 19.1 Å². The number of H-pyrrole nitrogens is 1. The summed E-state index contributed by atoms with van der Waals surface area (Å²) in [5.74, 6) is -0.309. The zero-order valence-electron chi connectivity index (χ0n) is 10.1. The molecule has 0 aliphatic rings. The monoisotopic (exact) mass is 254 g/mol. The molecule has 6 heteroatoms. The molecule has 0 saturated carbocycles. The van der Waals surface area contributed by atoms with Crippen molar-refractivity contribution in [2.75, 3.05) is 0 Å². The molecule has 3 aromatic rings. The summed E-state index contributed by atoms with van der Waals surface area (Å²) >= 11 is 0. The lowest BCUT2D eigenvalue weighted by Gasteiger charge is -2.02. The van der Waals surface area contributed by atoms with Crippen LogP contribution in [0.25, 0.3) is 11.0 Å². The first-order chi connectivity index (χ1) is 9.16. The Bertz CT molecular complexity index is 832. The summed E-state index contributed by atoms with van der Waals surface area (Å²) in [6.07, 6.45) is 2.60. The van der Waals surface area contributed by atoms with Gasteiger partial charge in [0.25, 0.3) is 11.5 Å². The lowest BCUT2D eigenvalue weighted by molar-refractivity contribution is 0.0949. The number of carbonyl (C=O) groups excluding carboxylic acids is 1. The first-order valence-electron chi connectivity index (χ1n) is 5.69. The minimum atomic E-state index is -0.312. The van der Waals surface area contributed by atoms with Crippen molar-refractivity contribution < 1.29 is 4.79 Å². The Morgan fingerprint density at radius 2 is 2.21 bits per heavy atom. The molecule has 0 aliphatic heterocycles. The number of hydrogen-bond acceptors (Lipinski definition) is 4. The lowest BCUT2D eigenvalue weighted by Crippen LogP contribution is -2.15. The van der Waals surface area contributed by atoms with Crippen LogP contribution in [0.1, 0.15) is 15.9 Å². The van der Waals surface area contributed by atoms with Gasteiger partial charge < -0.3 is 4.98 Å². The van der Waals surface area contributed by atoms with Crippen LogP contribution in [0.2, 0.25) is 0 Å². The van der Waals surface area contributed by atoms with E-state index in [1.807, 2.05) is 13.0 Å². The zero-order valence-corrected chi connectivity index (χ0v) is 10.1. The highest BCUT2D eigenvalue weighted by molar-refractivity contribution is 5.99. The molecule has 0 unspecified atom stereocenters. The maximum absolute atomic E-state index is 12.3. The summed E-state index contributed by atoms with van der Waals surface area (Å²) in [5, 5.41) is 4.24. The van der Waals surface area contributed by atoms with Gasteiger partial charge in [0.15, 0.2) is 5.65 Å². The average molecular weight is 254 g/mol. The molecule has 0 spiro atoms. The Morgan fingerprint density at radius 1 is 1.37 bits per heavy atom. The fourth-order valence-electron chi connectivity index (χ4n) is 1.91. The summed E-state index contributed by atoms with van der Waals surface area (Å²) in [7, 11) is 0. The molecule has 0 bridgehead atoms. The predicted molar refractivity (Wildman–Crippen MR) is 69.1 cm³/mol. The molecular formula is C13H10N4O2. The second-order valence-corrected chi connectivity index (χ2v) is 4.20. The van der Waals surface area contributed by atoms with Crippen LogP contribution in [0.4, 0.5) is 0 Å². The number of nitrogens with one attached hydrogen (secondary N) is 1. The molecule has 94 valence electrons. The standard InChI is InChI=1S/C13H10N4O2/c1-8-3-2-4-9(5-8)13(19)17-11-10(6-16-17)12(18)15-7-14-11/h2-7H,1H3,(H,14,15,18). The van der Waals surface area contributed by atoms with Gasteiger partial charge in [-0.25, -0.2) is 4.98 Å². The number of benzene rings is 1. The largest absolute Gasteiger partial charge is 0.312 e. The Hall–Kier alpha value is -2.76. The fraction of sp³-hybridized carbons (Fsp3) is 0.0769. The van der Waals surface area contributed by atoms with E-state index in [0.717, 1.165) is 10.2 Å². The molecule has 0 saturated heterocycles. The Balaban J connectivity index is 2.17. The first-order valence-corrected chi connectivity index (χ1v) is 5.69. The third kappa shape index (κ3) is 1.83. The quantitative estimate of drug-likeness (QED) is 0.705. The van der Waals surface area contributed by atoms with Crippen LogP contribution in [0.5, 0.6) is 0 Å². The minimum Gasteiger partial charge on any atom is -0.312 e. The highest BCUT2D eigenvalue weighted by atomic mass is 16.2. The van der Waals surface area contributed by atoms with E-state index in [1.165, 1.54) is 12.5 Å². The van der Waals surface area contributed by atoms with Gasteiger partial charge in [0.2, 0.25) is 0 Å². The molecule has 1 N–H and O–H groups in total. The first kappa shape index (κ1) is 11.3. The second-order valence-electron chi connectivity index (χ2n) is 4.20. The molecule has 0 fully saturated rings. The number of nitrogens with zero attached hydrogens (tertiary/aromatic N) is 3. The van der Waals surface area contributed by atoms with Gasteiger partial charge in [-0.15, -0.1) is 0 Å². The predicted octanol–water partition coefficient (Wildman–Crippen LogP) is 1.12. The van der Waals surface area contributed by atoms with Crippen molar-refractivity contribution >= 4 is 16.9 Å².